The van der Waals surface area contributed by atoms with E-state index in [1.165, 1.54) is 10.1 Å². The number of imide groups is 1. The van der Waals surface area contributed by atoms with Crippen LogP contribution in [0.15, 0.2) is 54.0 Å². The molecule has 0 aliphatic carbocycles. The van der Waals surface area contributed by atoms with Crippen molar-refractivity contribution in [1.29, 1.82) is 0 Å². The molecule has 1 atom stereocenters. The van der Waals surface area contributed by atoms with Gasteiger partial charge in [0, 0.05) is 41.4 Å². The zero-order valence-electron chi connectivity index (χ0n) is 17.9. The largest absolute Gasteiger partial charge is 0.322 e. The molecule has 33 heavy (non-hydrogen) atoms. The predicted molar refractivity (Wildman–Crippen MR) is 126 cm³/mol. The molecule has 0 bridgehead atoms. The fourth-order valence-electron chi connectivity index (χ4n) is 4.85. The lowest BCUT2D eigenvalue weighted by Gasteiger charge is -2.29. The summed E-state index contributed by atoms with van der Waals surface area (Å²) >= 11 is 1.72. The molecule has 0 saturated carbocycles. The van der Waals surface area contributed by atoms with Gasteiger partial charge in [0.2, 0.25) is 11.8 Å². The van der Waals surface area contributed by atoms with Gasteiger partial charge in [-0.25, -0.2) is 0 Å². The lowest BCUT2D eigenvalue weighted by molar-refractivity contribution is -0.136. The summed E-state index contributed by atoms with van der Waals surface area (Å²) in [5.74, 6) is -0.848. The molecule has 4 heterocycles. The van der Waals surface area contributed by atoms with Gasteiger partial charge < -0.3 is 4.90 Å². The summed E-state index contributed by atoms with van der Waals surface area (Å²) in [7, 11) is 1.93. The van der Waals surface area contributed by atoms with Crippen LogP contribution in [0.4, 0.5) is 0 Å². The highest BCUT2D eigenvalue weighted by molar-refractivity contribution is 7.17. The standard InChI is InChI=1S/C25H20N4O3S/c1-28-23(16-3-6-21-15(11-16)8-9-33-21)19(12-26-28)14-2-4-18-17(10-14)13-29(25(18)32)20-5-7-22(30)27-24(20)31/h2-4,6,8-12,20H,5,7,13H2,1H3,(H,27,30,31). The molecule has 1 N–H and O–H groups in total. The van der Waals surface area contributed by atoms with Crippen molar-refractivity contribution in [2.45, 2.75) is 25.4 Å². The van der Waals surface area contributed by atoms with Crippen molar-refractivity contribution in [3.8, 4) is 22.4 Å². The normalized spacial score (nSPS) is 18.2. The monoisotopic (exact) mass is 456 g/mol. The van der Waals surface area contributed by atoms with E-state index in [2.05, 4.69) is 40.1 Å². The van der Waals surface area contributed by atoms with E-state index in [0.29, 0.717) is 18.5 Å². The van der Waals surface area contributed by atoms with E-state index in [9.17, 15) is 14.4 Å². The molecule has 0 radical (unpaired) electrons. The Hall–Kier alpha value is -3.78. The summed E-state index contributed by atoms with van der Waals surface area (Å²) in [5.41, 5.74) is 5.54. The van der Waals surface area contributed by atoms with Gasteiger partial charge in [0.1, 0.15) is 6.04 Å². The van der Waals surface area contributed by atoms with E-state index in [1.54, 1.807) is 16.2 Å². The number of benzene rings is 2. The second-order valence-electron chi connectivity index (χ2n) is 8.48. The number of nitrogens with one attached hydrogen (secondary N) is 1. The molecule has 2 aromatic heterocycles. The number of carbonyl (C=O) groups is 3. The summed E-state index contributed by atoms with van der Waals surface area (Å²) in [6.07, 6.45) is 2.45. The van der Waals surface area contributed by atoms with Gasteiger partial charge in [0.15, 0.2) is 0 Å². The Morgan fingerprint density at radius 2 is 1.88 bits per heavy atom. The summed E-state index contributed by atoms with van der Waals surface area (Å²) in [5, 5.41) is 10.1. The van der Waals surface area contributed by atoms with E-state index >= 15 is 0 Å². The van der Waals surface area contributed by atoms with Crippen LogP contribution in [0.25, 0.3) is 32.5 Å². The topological polar surface area (TPSA) is 84.3 Å². The fraction of sp³-hybridized carbons (Fsp3) is 0.200. The number of nitrogens with zero attached hydrogens (tertiary/aromatic N) is 3. The van der Waals surface area contributed by atoms with Gasteiger partial charge in [-0.15, -0.1) is 11.3 Å². The van der Waals surface area contributed by atoms with Crippen molar-refractivity contribution in [3.63, 3.8) is 0 Å². The van der Waals surface area contributed by atoms with Crippen LogP contribution in [-0.2, 0) is 23.2 Å². The number of aryl methyl sites for hydroxylation is 1. The van der Waals surface area contributed by atoms with Gasteiger partial charge in [-0.2, -0.15) is 5.10 Å². The van der Waals surface area contributed by atoms with Gasteiger partial charge in [-0.05, 0) is 58.6 Å². The molecule has 3 amide bonds. The van der Waals surface area contributed by atoms with Gasteiger partial charge in [-0.1, -0.05) is 12.1 Å². The molecule has 1 saturated heterocycles. The third-order valence-corrected chi connectivity index (χ3v) is 7.40. The molecule has 1 unspecified atom stereocenters. The molecular weight excluding hydrogens is 436 g/mol. The van der Waals surface area contributed by atoms with Crippen molar-refractivity contribution in [1.82, 2.24) is 20.0 Å². The molecule has 2 aromatic carbocycles. The number of amides is 3. The Morgan fingerprint density at radius 3 is 2.73 bits per heavy atom. The molecule has 8 heteroatoms. The first-order valence-electron chi connectivity index (χ1n) is 10.8. The van der Waals surface area contributed by atoms with Crippen molar-refractivity contribution in [3.05, 3.63) is 65.2 Å². The van der Waals surface area contributed by atoms with Crippen LogP contribution in [0.3, 0.4) is 0 Å². The third-order valence-electron chi connectivity index (χ3n) is 6.50. The summed E-state index contributed by atoms with van der Waals surface area (Å²) in [6.45, 7) is 0.352. The Balaban J connectivity index is 1.36. The quantitative estimate of drug-likeness (QED) is 0.476. The second kappa shape index (κ2) is 7.38. The SMILES string of the molecule is Cn1ncc(-c2ccc3c(c2)CN(C2CCC(=O)NC2=O)C3=O)c1-c1ccc2sccc2c1. The van der Waals surface area contributed by atoms with Crippen LogP contribution in [0, 0.1) is 0 Å². The summed E-state index contributed by atoms with van der Waals surface area (Å²) < 4.78 is 3.11. The van der Waals surface area contributed by atoms with Gasteiger partial charge in [0.25, 0.3) is 5.91 Å². The van der Waals surface area contributed by atoms with Crippen molar-refractivity contribution < 1.29 is 14.4 Å². The number of carbonyl (C=O) groups excluding carboxylic acids is 3. The minimum absolute atomic E-state index is 0.166. The van der Waals surface area contributed by atoms with Crippen LogP contribution >= 0.6 is 11.3 Å². The average Bonchev–Trinajstić information content (AvgIpc) is 3.50. The molecular formula is C25H20N4O3S. The van der Waals surface area contributed by atoms with Crippen molar-refractivity contribution in [2.75, 3.05) is 0 Å². The van der Waals surface area contributed by atoms with E-state index in [1.807, 2.05) is 36.1 Å². The lowest BCUT2D eigenvalue weighted by Crippen LogP contribution is -2.52. The highest BCUT2D eigenvalue weighted by Crippen LogP contribution is 2.37. The minimum atomic E-state index is -0.614. The van der Waals surface area contributed by atoms with Crippen LogP contribution in [0.1, 0.15) is 28.8 Å². The molecule has 4 aromatic rings. The van der Waals surface area contributed by atoms with Crippen molar-refractivity contribution in [2.24, 2.45) is 7.05 Å². The zero-order chi connectivity index (χ0) is 22.7. The minimum Gasteiger partial charge on any atom is -0.322 e. The van der Waals surface area contributed by atoms with E-state index in [-0.39, 0.29) is 18.2 Å². The predicted octanol–water partition coefficient (Wildman–Crippen LogP) is 3.73. The van der Waals surface area contributed by atoms with E-state index < -0.39 is 11.9 Å². The van der Waals surface area contributed by atoms with E-state index in [0.717, 1.165) is 27.9 Å². The molecule has 6 rings (SSSR count). The number of piperidine rings is 1. The number of thiophene rings is 1. The van der Waals surface area contributed by atoms with Crippen LogP contribution in [-0.4, -0.2) is 38.4 Å². The number of fused-ring (bicyclic) bond motifs is 2. The van der Waals surface area contributed by atoms with Crippen LogP contribution in [0.2, 0.25) is 0 Å². The Morgan fingerprint density at radius 1 is 1.03 bits per heavy atom. The van der Waals surface area contributed by atoms with Gasteiger partial charge in [0.05, 0.1) is 11.9 Å². The summed E-state index contributed by atoms with van der Waals surface area (Å²) in [4.78, 5) is 38.4. The fourth-order valence-corrected chi connectivity index (χ4v) is 5.62. The van der Waals surface area contributed by atoms with Crippen LogP contribution < -0.4 is 5.32 Å². The highest BCUT2D eigenvalue weighted by atomic mass is 32.1. The van der Waals surface area contributed by atoms with Crippen molar-refractivity contribution >= 4 is 39.1 Å². The molecule has 2 aliphatic heterocycles. The smallest absolute Gasteiger partial charge is 0.255 e. The zero-order valence-corrected chi connectivity index (χ0v) is 18.7. The van der Waals surface area contributed by atoms with Gasteiger partial charge in [-0.3, -0.25) is 24.4 Å². The molecule has 2 aliphatic rings. The lowest BCUT2D eigenvalue weighted by atomic mass is 9.98. The number of hydrogen-bond donors (Lipinski definition) is 1. The maximum absolute atomic E-state index is 13.0. The van der Waals surface area contributed by atoms with Gasteiger partial charge >= 0.3 is 0 Å². The second-order valence-corrected chi connectivity index (χ2v) is 9.42. The first-order chi connectivity index (χ1) is 16.0. The highest BCUT2D eigenvalue weighted by Gasteiger charge is 2.39. The molecule has 0 spiro atoms. The maximum atomic E-state index is 13.0. The average molecular weight is 457 g/mol. The maximum Gasteiger partial charge on any atom is 0.255 e. The molecule has 7 nitrogen and oxygen atoms in total. The number of hydrogen-bond acceptors (Lipinski definition) is 5. The first kappa shape index (κ1) is 19.9. The van der Waals surface area contributed by atoms with E-state index in [4.69, 9.17) is 0 Å². The first-order valence-corrected chi connectivity index (χ1v) is 11.6. The Bertz CT molecular complexity index is 1470. The number of rotatable bonds is 3. The molecule has 164 valence electrons. The molecule has 1 fully saturated rings. The number of aromatic nitrogens is 2. The Labute approximate surface area is 193 Å². The van der Waals surface area contributed by atoms with Crippen LogP contribution in [0.5, 0.6) is 0 Å². The Kier molecular flexibility index (Phi) is 4.45. The third kappa shape index (κ3) is 3.17. The summed E-state index contributed by atoms with van der Waals surface area (Å²) in [6, 6.07) is 13.7.